The molecule has 8 nitrogen and oxygen atoms in total. The van der Waals surface area contributed by atoms with E-state index in [-0.39, 0.29) is 24.6 Å². The molecule has 30 heavy (non-hydrogen) atoms. The quantitative estimate of drug-likeness (QED) is 0.646. The Bertz CT molecular complexity index is 1120. The number of nitrogens with one attached hydrogen (secondary N) is 1. The lowest BCUT2D eigenvalue weighted by atomic mass is 10.1. The third kappa shape index (κ3) is 4.94. The lowest BCUT2D eigenvalue weighted by Gasteiger charge is -2.17. The number of aryl methyl sites for hydroxylation is 4. The number of rotatable bonds is 7. The molecule has 0 saturated carbocycles. The number of hydrogen-bond acceptors (Lipinski definition) is 5. The molecule has 0 radical (unpaired) electrons. The first-order valence-electron chi connectivity index (χ1n) is 9.88. The van der Waals surface area contributed by atoms with Gasteiger partial charge in [-0.2, -0.15) is 5.10 Å². The van der Waals surface area contributed by atoms with Crippen molar-refractivity contribution in [3.8, 4) is 11.6 Å². The number of amides is 1. The summed E-state index contributed by atoms with van der Waals surface area (Å²) in [6.45, 7) is 9.94. The smallest absolute Gasteiger partial charge is 0.266 e. The van der Waals surface area contributed by atoms with Crippen molar-refractivity contribution >= 4 is 5.91 Å². The number of benzene rings is 1. The molecule has 1 aromatic carbocycles. The minimum atomic E-state index is -0.656. The van der Waals surface area contributed by atoms with Gasteiger partial charge in [0.15, 0.2) is 11.9 Å². The predicted octanol–water partition coefficient (Wildman–Crippen LogP) is 2.25. The lowest BCUT2D eigenvalue weighted by Crippen LogP contribution is -2.39. The SMILES string of the molecule is Cc1ccc(C)c(OC(C)C(=O)NCCn2nc(-n3nc(C)cc3C)ccc2=O)c1. The van der Waals surface area contributed by atoms with Crippen LogP contribution < -0.4 is 15.6 Å². The van der Waals surface area contributed by atoms with E-state index in [9.17, 15) is 9.59 Å². The standard InChI is InChI=1S/C22H27N5O3/c1-14-6-7-15(2)19(12-14)30-18(5)22(29)23-10-11-26-21(28)9-8-20(25-26)27-17(4)13-16(3)24-27/h6-9,12-13,18H,10-11H2,1-5H3,(H,23,29). The maximum Gasteiger partial charge on any atom is 0.266 e. The molecule has 1 unspecified atom stereocenters. The second-order valence-electron chi connectivity index (χ2n) is 7.41. The minimum Gasteiger partial charge on any atom is -0.481 e. The van der Waals surface area contributed by atoms with Crippen molar-refractivity contribution in [2.75, 3.05) is 6.54 Å². The normalized spacial score (nSPS) is 11.9. The van der Waals surface area contributed by atoms with E-state index in [0.717, 1.165) is 22.5 Å². The molecule has 1 N–H and O–H groups in total. The minimum absolute atomic E-state index is 0.241. The van der Waals surface area contributed by atoms with E-state index in [1.165, 1.54) is 10.7 Å². The Labute approximate surface area is 175 Å². The average Bonchev–Trinajstić information content (AvgIpc) is 3.04. The first-order chi connectivity index (χ1) is 14.2. The van der Waals surface area contributed by atoms with Crippen LogP contribution in [-0.2, 0) is 11.3 Å². The van der Waals surface area contributed by atoms with Gasteiger partial charge in [0.2, 0.25) is 0 Å². The topological polar surface area (TPSA) is 91.0 Å². The molecule has 158 valence electrons. The Morgan fingerprint density at radius 1 is 1.10 bits per heavy atom. The molecule has 0 aliphatic rings. The average molecular weight is 409 g/mol. The first-order valence-corrected chi connectivity index (χ1v) is 9.88. The third-order valence-electron chi connectivity index (χ3n) is 4.72. The van der Waals surface area contributed by atoms with Gasteiger partial charge >= 0.3 is 0 Å². The maximum absolute atomic E-state index is 12.4. The Kier molecular flexibility index (Phi) is 6.34. The monoisotopic (exact) mass is 409 g/mol. The highest BCUT2D eigenvalue weighted by molar-refractivity contribution is 5.80. The highest BCUT2D eigenvalue weighted by Gasteiger charge is 2.15. The van der Waals surface area contributed by atoms with Gasteiger partial charge in [0.25, 0.3) is 11.5 Å². The van der Waals surface area contributed by atoms with E-state index in [2.05, 4.69) is 15.5 Å². The van der Waals surface area contributed by atoms with E-state index in [0.29, 0.717) is 11.6 Å². The third-order valence-corrected chi connectivity index (χ3v) is 4.72. The molecule has 3 aromatic rings. The Morgan fingerprint density at radius 2 is 1.87 bits per heavy atom. The van der Waals surface area contributed by atoms with Gasteiger partial charge in [-0.05, 0) is 63.9 Å². The zero-order valence-corrected chi connectivity index (χ0v) is 18.0. The summed E-state index contributed by atoms with van der Waals surface area (Å²) < 4.78 is 8.81. The van der Waals surface area contributed by atoms with Crippen LogP contribution in [0.2, 0.25) is 0 Å². The van der Waals surface area contributed by atoms with Crippen LogP contribution in [0.5, 0.6) is 5.75 Å². The maximum atomic E-state index is 12.4. The zero-order valence-electron chi connectivity index (χ0n) is 18.0. The van der Waals surface area contributed by atoms with Crippen LogP contribution in [-0.4, -0.2) is 38.1 Å². The molecule has 0 spiro atoms. The van der Waals surface area contributed by atoms with E-state index in [1.807, 2.05) is 52.0 Å². The van der Waals surface area contributed by atoms with E-state index in [1.54, 1.807) is 17.7 Å². The number of ether oxygens (including phenoxy) is 1. The number of carbonyl (C=O) groups is 1. The first kappa shape index (κ1) is 21.3. The van der Waals surface area contributed by atoms with Crippen LogP contribution in [0.1, 0.15) is 29.4 Å². The predicted molar refractivity (Wildman–Crippen MR) is 114 cm³/mol. The molecule has 0 aliphatic carbocycles. The zero-order chi connectivity index (χ0) is 21.8. The van der Waals surface area contributed by atoms with E-state index < -0.39 is 6.10 Å². The molecule has 0 bridgehead atoms. The Balaban J connectivity index is 1.61. The van der Waals surface area contributed by atoms with Crippen LogP contribution in [0.25, 0.3) is 5.82 Å². The molecule has 0 fully saturated rings. The highest BCUT2D eigenvalue weighted by atomic mass is 16.5. The molecule has 1 atom stereocenters. The second kappa shape index (κ2) is 8.94. The van der Waals surface area contributed by atoms with Crippen molar-refractivity contribution in [3.05, 3.63) is 69.3 Å². The van der Waals surface area contributed by atoms with Crippen molar-refractivity contribution in [1.29, 1.82) is 0 Å². The van der Waals surface area contributed by atoms with Gasteiger partial charge in [-0.25, -0.2) is 9.36 Å². The molecular formula is C22H27N5O3. The Hall–Kier alpha value is -3.42. The highest BCUT2D eigenvalue weighted by Crippen LogP contribution is 2.20. The van der Waals surface area contributed by atoms with Crippen molar-refractivity contribution in [2.24, 2.45) is 0 Å². The molecule has 8 heteroatoms. The lowest BCUT2D eigenvalue weighted by molar-refractivity contribution is -0.127. The molecule has 2 heterocycles. The summed E-state index contributed by atoms with van der Waals surface area (Å²) in [4.78, 5) is 24.5. The number of nitrogens with zero attached hydrogens (tertiary/aromatic N) is 4. The van der Waals surface area contributed by atoms with Gasteiger partial charge in [-0.1, -0.05) is 12.1 Å². The summed E-state index contributed by atoms with van der Waals surface area (Å²) in [5.41, 5.74) is 3.59. The summed E-state index contributed by atoms with van der Waals surface area (Å²) in [5.74, 6) is 0.991. The van der Waals surface area contributed by atoms with Crippen LogP contribution in [0, 0.1) is 27.7 Å². The summed E-state index contributed by atoms with van der Waals surface area (Å²) in [5, 5.41) is 11.6. The number of hydrogen-bond donors (Lipinski definition) is 1. The molecule has 3 rings (SSSR count). The van der Waals surface area contributed by atoms with Gasteiger partial charge < -0.3 is 10.1 Å². The van der Waals surface area contributed by atoms with Crippen molar-refractivity contribution < 1.29 is 9.53 Å². The van der Waals surface area contributed by atoms with Gasteiger partial charge in [-0.15, -0.1) is 5.10 Å². The second-order valence-corrected chi connectivity index (χ2v) is 7.41. The molecule has 0 aliphatic heterocycles. The Morgan fingerprint density at radius 3 is 2.57 bits per heavy atom. The fourth-order valence-corrected chi connectivity index (χ4v) is 3.08. The van der Waals surface area contributed by atoms with Crippen LogP contribution in [0.3, 0.4) is 0 Å². The van der Waals surface area contributed by atoms with Gasteiger partial charge in [-0.3, -0.25) is 9.59 Å². The largest absolute Gasteiger partial charge is 0.481 e. The van der Waals surface area contributed by atoms with Gasteiger partial charge in [0.05, 0.1) is 12.2 Å². The molecule has 1 amide bonds. The fourth-order valence-electron chi connectivity index (χ4n) is 3.08. The van der Waals surface area contributed by atoms with Crippen molar-refractivity contribution in [1.82, 2.24) is 24.9 Å². The fraction of sp³-hybridized carbons (Fsp3) is 0.364. The van der Waals surface area contributed by atoms with E-state index in [4.69, 9.17) is 4.74 Å². The number of aromatic nitrogens is 4. The summed E-state index contributed by atoms with van der Waals surface area (Å²) in [6, 6.07) is 10.9. The van der Waals surface area contributed by atoms with Crippen LogP contribution >= 0.6 is 0 Å². The van der Waals surface area contributed by atoms with Crippen LogP contribution in [0.4, 0.5) is 0 Å². The molecule has 0 saturated heterocycles. The van der Waals surface area contributed by atoms with Gasteiger partial charge in [0, 0.05) is 18.3 Å². The molecule has 2 aromatic heterocycles. The summed E-state index contributed by atoms with van der Waals surface area (Å²) in [6.07, 6.45) is -0.656. The van der Waals surface area contributed by atoms with E-state index >= 15 is 0 Å². The number of carbonyl (C=O) groups excluding carboxylic acids is 1. The van der Waals surface area contributed by atoms with Crippen LogP contribution in [0.15, 0.2) is 41.2 Å². The molecular weight excluding hydrogens is 382 g/mol. The summed E-state index contributed by atoms with van der Waals surface area (Å²) >= 11 is 0. The van der Waals surface area contributed by atoms with Gasteiger partial charge in [0.1, 0.15) is 5.75 Å². The summed E-state index contributed by atoms with van der Waals surface area (Å²) in [7, 11) is 0. The van der Waals surface area contributed by atoms with Crippen molar-refractivity contribution in [2.45, 2.75) is 47.3 Å². The van der Waals surface area contributed by atoms with Crippen molar-refractivity contribution in [3.63, 3.8) is 0 Å².